The van der Waals surface area contributed by atoms with Crippen LogP contribution in [0, 0.1) is 17.7 Å². The Labute approximate surface area is 93.0 Å². The monoisotopic (exact) mass is 220 g/mol. The van der Waals surface area contributed by atoms with Gasteiger partial charge in [-0.05, 0) is 24.0 Å². The van der Waals surface area contributed by atoms with E-state index in [9.17, 15) is 9.18 Å². The molecule has 1 aromatic carbocycles. The fourth-order valence-corrected chi connectivity index (χ4v) is 2.54. The standard InChI is InChI=1S/C12H13FN2O/c13-10-4-2-1-3-7(10)12(16)15-5-8-9(6-15)11(8)14/h1-4,8-9,11H,5-6,14H2/t8-,9+,11?. The van der Waals surface area contributed by atoms with E-state index >= 15 is 0 Å². The van der Waals surface area contributed by atoms with Gasteiger partial charge >= 0.3 is 0 Å². The highest BCUT2D eigenvalue weighted by molar-refractivity contribution is 5.94. The summed E-state index contributed by atoms with van der Waals surface area (Å²) in [5.74, 6) is 0.223. The van der Waals surface area contributed by atoms with Crippen LogP contribution in [0.4, 0.5) is 4.39 Å². The second kappa shape index (κ2) is 3.28. The van der Waals surface area contributed by atoms with E-state index in [-0.39, 0.29) is 17.5 Å². The van der Waals surface area contributed by atoms with E-state index < -0.39 is 5.82 Å². The molecule has 3 nitrogen and oxygen atoms in total. The minimum absolute atomic E-state index is 0.164. The van der Waals surface area contributed by atoms with Crippen LogP contribution >= 0.6 is 0 Å². The van der Waals surface area contributed by atoms with Crippen molar-refractivity contribution in [2.45, 2.75) is 6.04 Å². The summed E-state index contributed by atoms with van der Waals surface area (Å²) in [5, 5.41) is 0. The molecule has 1 saturated heterocycles. The Morgan fingerprint density at radius 2 is 1.94 bits per heavy atom. The van der Waals surface area contributed by atoms with Crippen LogP contribution in [-0.4, -0.2) is 29.9 Å². The fraction of sp³-hybridized carbons (Fsp3) is 0.417. The molecule has 16 heavy (non-hydrogen) atoms. The van der Waals surface area contributed by atoms with Crippen LogP contribution in [0.3, 0.4) is 0 Å². The Morgan fingerprint density at radius 3 is 2.56 bits per heavy atom. The molecule has 1 aliphatic heterocycles. The minimum atomic E-state index is -0.447. The van der Waals surface area contributed by atoms with Crippen molar-refractivity contribution in [3.8, 4) is 0 Å². The number of carbonyl (C=O) groups is 1. The van der Waals surface area contributed by atoms with E-state index in [4.69, 9.17) is 5.73 Å². The Kier molecular flexibility index (Phi) is 2.01. The van der Waals surface area contributed by atoms with E-state index in [1.807, 2.05) is 0 Å². The molecular formula is C12H13FN2O. The Bertz CT molecular complexity index is 436. The normalized spacial score (nSPS) is 31.4. The SMILES string of the molecule is NC1[C@H]2CN(C(=O)c3ccccc3F)C[C@@H]12. The number of halogens is 1. The first-order chi connectivity index (χ1) is 7.68. The number of benzene rings is 1. The first-order valence-corrected chi connectivity index (χ1v) is 5.48. The summed E-state index contributed by atoms with van der Waals surface area (Å²) in [7, 11) is 0. The lowest BCUT2D eigenvalue weighted by Gasteiger charge is -2.19. The summed E-state index contributed by atoms with van der Waals surface area (Å²) in [6, 6.07) is 6.37. The molecule has 2 aliphatic rings. The molecule has 3 rings (SSSR count). The third kappa shape index (κ3) is 1.33. The van der Waals surface area contributed by atoms with E-state index in [1.54, 1.807) is 17.0 Å². The molecule has 0 spiro atoms. The first-order valence-electron chi connectivity index (χ1n) is 5.48. The number of rotatable bonds is 1. The molecule has 1 unspecified atom stereocenters. The largest absolute Gasteiger partial charge is 0.338 e. The van der Waals surface area contributed by atoms with Gasteiger partial charge in [0.25, 0.3) is 5.91 Å². The fourth-order valence-electron chi connectivity index (χ4n) is 2.54. The number of piperidine rings is 1. The van der Waals surface area contributed by atoms with Gasteiger partial charge in [0, 0.05) is 19.1 Å². The zero-order chi connectivity index (χ0) is 11.3. The number of amides is 1. The summed E-state index contributed by atoms with van der Waals surface area (Å²) < 4.78 is 13.4. The quantitative estimate of drug-likeness (QED) is 0.762. The second-order valence-corrected chi connectivity index (χ2v) is 4.60. The lowest BCUT2D eigenvalue weighted by atomic mass is 10.2. The Hall–Kier alpha value is -1.42. The van der Waals surface area contributed by atoms with E-state index in [0.29, 0.717) is 24.9 Å². The van der Waals surface area contributed by atoms with Crippen LogP contribution in [0.1, 0.15) is 10.4 Å². The van der Waals surface area contributed by atoms with Gasteiger partial charge in [-0.2, -0.15) is 0 Å². The van der Waals surface area contributed by atoms with Gasteiger partial charge < -0.3 is 10.6 Å². The van der Waals surface area contributed by atoms with Gasteiger partial charge in [0.15, 0.2) is 0 Å². The molecule has 4 heteroatoms. The number of nitrogens with two attached hydrogens (primary N) is 1. The van der Waals surface area contributed by atoms with E-state index in [2.05, 4.69) is 0 Å². The number of hydrogen-bond acceptors (Lipinski definition) is 2. The van der Waals surface area contributed by atoms with Crippen LogP contribution in [0.5, 0.6) is 0 Å². The smallest absolute Gasteiger partial charge is 0.256 e. The lowest BCUT2D eigenvalue weighted by Crippen LogP contribution is -2.34. The molecule has 0 radical (unpaired) electrons. The number of carbonyl (C=O) groups excluding carboxylic acids is 1. The molecular weight excluding hydrogens is 207 g/mol. The van der Waals surface area contributed by atoms with Crippen molar-refractivity contribution in [3.63, 3.8) is 0 Å². The van der Waals surface area contributed by atoms with Crippen LogP contribution in [0.25, 0.3) is 0 Å². The topological polar surface area (TPSA) is 46.3 Å². The van der Waals surface area contributed by atoms with Gasteiger partial charge in [0.2, 0.25) is 0 Å². The Morgan fingerprint density at radius 1 is 1.31 bits per heavy atom. The number of fused-ring (bicyclic) bond motifs is 1. The highest BCUT2D eigenvalue weighted by atomic mass is 19.1. The van der Waals surface area contributed by atoms with Gasteiger partial charge in [-0.15, -0.1) is 0 Å². The first kappa shape index (κ1) is 9.78. The summed E-state index contributed by atoms with van der Waals surface area (Å²) in [6.07, 6.45) is 0. The summed E-state index contributed by atoms with van der Waals surface area (Å²) >= 11 is 0. The molecule has 1 saturated carbocycles. The molecule has 1 aliphatic carbocycles. The average molecular weight is 220 g/mol. The van der Waals surface area contributed by atoms with Crippen LogP contribution in [0.2, 0.25) is 0 Å². The lowest BCUT2D eigenvalue weighted by molar-refractivity contribution is 0.0768. The molecule has 84 valence electrons. The summed E-state index contributed by atoms with van der Waals surface area (Å²) in [4.78, 5) is 13.7. The van der Waals surface area contributed by atoms with Gasteiger partial charge in [0.05, 0.1) is 5.56 Å². The molecule has 1 aromatic rings. The third-order valence-corrected chi connectivity index (χ3v) is 3.65. The second-order valence-electron chi connectivity index (χ2n) is 4.60. The highest BCUT2D eigenvalue weighted by Crippen LogP contribution is 2.44. The minimum Gasteiger partial charge on any atom is -0.338 e. The maximum atomic E-state index is 13.4. The van der Waals surface area contributed by atoms with E-state index in [1.165, 1.54) is 12.1 Å². The molecule has 1 heterocycles. The average Bonchev–Trinajstić information content (AvgIpc) is 2.75. The molecule has 1 amide bonds. The zero-order valence-corrected chi connectivity index (χ0v) is 8.77. The third-order valence-electron chi connectivity index (χ3n) is 3.65. The molecule has 0 aromatic heterocycles. The van der Waals surface area contributed by atoms with Crippen molar-refractivity contribution in [1.82, 2.24) is 4.90 Å². The van der Waals surface area contributed by atoms with Crippen LogP contribution in [-0.2, 0) is 0 Å². The number of nitrogens with zero attached hydrogens (tertiary/aromatic N) is 1. The van der Waals surface area contributed by atoms with Crippen molar-refractivity contribution >= 4 is 5.91 Å². The zero-order valence-electron chi connectivity index (χ0n) is 8.77. The van der Waals surface area contributed by atoms with Gasteiger partial charge in [-0.3, -0.25) is 4.79 Å². The van der Waals surface area contributed by atoms with Crippen molar-refractivity contribution in [1.29, 1.82) is 0 Å². The van der Waals surface area contributed by atoms with Crippen LogP contribution in [0.15, 0.2) is 24.3 Å². The molecule has 2 fully saturated rings. The van der Waals surface area contributed by atoms with Crippen molar-refractivity contribution in [2.24, 2.45) is 17.6 Å². The highest BCUT2D eigenvalue weighted by Gasteiger charge is 2.54. The number of hydrogen-bond donors (Lipinski definition) is 1. The van der Waals surface area contributed by atoms with Gasteiger partial charge in [-0.25, -0.2) is 4.39 Å². The maximum absolute atomic E-state index is 13.4. The Balaban J connectivity index is 1.77. The van der Waals surface area contributed by atoms with Crippen molar-refractivity contribution in [2.75, 3.05) is 13.1 Å². The predicted octanol–water partition coefficient (Wildman–Crippen LogP) is 0.855. The molecule has 0 bridgehead atoms. The van der Waals surface area contributed by atoms with Crippen molar-refractivity contribution < 1.29 is 9.18 Å². The summed E-state index contributed by atoms with van der Waals surface area (Å²) in [5.41, 5.74) is 5.95. The predicted molar refractivity (Wildman–Crippen MR) is 57.3 cm³/mol. The van der Waals surface area contributed by atoms with Gasteiger partial charge in [0.1, 0.15) is 5.82 Å². The maximum Gasteiger partial charge on any atom is 0.256 e. The van der Waals surface area contributed by atoms with Crippen molar-refractivity contribution in [3.05, 3.63) is 35.6 Å². The molecule has 3 atom stereocenters. The molecule has 2 N–H and O–H groups in total. The summed E-state index contributed by atoms with van der Waals surface area (Å²) in [6.45, 7) is 1.36. The number of likely N-dealkylation sites (tertiary alicyclic amines) is 1. The van der Waals surface area contributed by atoms with Gasteiger partial charge in [-0.1, -0.05) is 12.1 Å². The van der Waals surface area contributed by atoms with E-state index in [0.717, 1.165) is 0 Å². The van der Waals surface area contributed by atoms with Crippen LogP contribution < -0.4 is 5.73 Å².